The number of nitrogens with one attached hydrogen (secondary N) is 2. The standard InChI is InChI=1S/C18H25N3O.ClH/c1-11-12(2)21-17-7-6-13(8-15(11)17)10-20-18(22)9-14-4-3-5-16(14)19;/h6-8,14,16,21H,3-5,9-10,19H2,1-2H3,(H,20,22);1H/t14-,16+;/m0./s1. The number of hydrogen-bond acceptors (Lipinski definition) is 2. The molecule has 1 fully saturated rings. The maximum absolute atomic E-state index is 12.1. The fourth-order valence-corrected chi connectivity index (χ4v) is 3.45. The third-order valence-electron chi connectivity index (χ3n) is 5.03. The van der Waals surface area contributed by atoms with Gasteiger partial charge in [-0.2, -0.15) is 0 Å². The highest BCUT2D eigenvalue weighted by Crippen LogP contribution is 2.26. The van der Waals surface area contributed by atoms with E-state index in [-0.39, 0.29) is 24.4 Å². The molecule has 2 aromatic rings. The van der Waals surface area contributed by atoms with Crippen LogP contribution < -0.4 is 11.1 Å². The van der Waals surface area contributed by atoms with E-state index in [2.05, 4.69) is 42.3 Å². The fraction of sp³-hybridized carbons (Fsp3) is 0.500. The Hall–Kier alpha value is -1.52. The zero-order chi connectivity index (χ0) is 15.7. The molecular weight excluding hydrogens is 310 g/mol. The number of aromatic nitrogens is 1. The number of nitrogens with two attached hydrogens (primary N) is 1. The van der Waals surface area contributed by atoms with Gasteiger partial charge in [-0.15, -0.1) is 12.4 Å². The van der Waals surface area contributed by atoms with Gasteiger partial charge in [0.05, 0.1) is 0 Å². The first-order valence-corrected chi connectivity index (χ1v) is 8.14. The molecule has 0 saturated heterocycles. The first kappa shape index (κ1) is 17.8. The average molecular weight is 336 g/mol. The molecule has 2 atom stereocenters. The number of aromatic amines is 1. The van der Waals surface area contributed by atoms with Crippen molar-refractivity contribution in [3.8, 4) is 0 Å². The summed E-state index contributed by atoms with van der Waals surface area (Å²) in [5, 5.41) is 4.27. The summed E-state index contributed by atoms with van der Waals surface area (Å²) in [4.78, 5) is 15.5. The highest BCUT2D eigenvalue weighted by molar-refractivity contribution is 5.85. The molecule has 1 aromatic carbocycles. The van der Waals surface area contributed by atoms with Crippen molar-refractivity contribution in [1.82, 2.24) is 10.3 Å². The van der Waals surface area contributed by atoms with E-state index in [1.54, 1.807) is 0 Å². The van der Waals surface area contributed by atoms with Gasteiger partial charge in [0.15, 0.2) is 0 Å². The summed E-state index contributed by atoms with van der Waals surface area (Å²) in [6.45, 7) is 4.79. The normalized spacial score (nSPS) is 20.5. The number of aryl methyl sites for hydroxylation is 2. The van der Waals surface area contributed by atoms with Gasteiger partial charge < -0.3 is 16.0 Å². The number of benzene rings is 1. The van der Waals surface area contributed by atoms with Gasteiger partial charge in [0, 0.05) is 35.6 Å². The summed E-state index contributed by atoms with van der Waals surface area (Å²) in [5.74, 6) is 0.474. The number of hydrogen-bond donors (Lipinski definition) is 3. The van der Waals surface area contributed by atoms with Crippen LogP contribution in [0, 0.1) is 19.8 Å². The van der Waals surface area contributed by atoms with Crippen LogP contribution in [0.25, 0.3) is 10.9 Å². The summed E-state index contributed by atoms with van der Waals surface area (Å²) >= 11 is 0. The van der Waals surface area contributed by atoms with Gasteiger partial charge in [-0.3, -0.25) is 4.79 Å². The van der Waals surface area contributed by atoms with E-state index in [0.29, 0.717) is 18.9 Å². The van der Waals surface area contributed by atoms with Gasteiger partial charge in [-0.1, -0.05) is 12.5 Å². The van der Waals surface area contributed by atoms with E-state index in [1.807, 2.05) is 0 Å². The lowest BCUT2D eigenvalue weighted by Crippen LogP contribution is -2.31. The topological polar surface area (TPSA) is 70.9 Å². The predicted octanol–water partition coefficient (Wildman–Crippen LogP) is 3.34. The summed E-state index contributed by atoms with van der Waals surface area (Å²) in [5.41, 5.74) is 10.8. The second-order valence-electron chi connectivity index (χ2n) is 6.59. The van der Waals surface area contributed by atoms with Crippen molar-refractivity contribution in [2.75, 3.05) is 0 Å². The van der Waals surface area contributed by atoms with Crippen LogP contribution in [0.5, 0.6) is 0 Å². The zero-order valence-electron chi connectivity index (χ0n) is 13.8. The van der Waals surface area contributed by atoms with Gasteiger partial charge in [0.1, 0.15) is 0 Å². The summed E-state index contributed by atoms with van der Waals surface area (Å²) in [7, 11) is 0. The summed E-state index contributed by atoms with van der Waals surface area (Å²) < 4.78 is 0. The second kappa shape index (κ2) is 7.37. The Bertz CT molecular complexity index is 695. The third-order valence-corrected chi connectivity index (χ3v) is 5.03. The van der Waals surface area contributed by atoms with Gasteiger partial charge in [-0.05, 0) is 55.9 Å². The predicted molar refractivity (Wildman–Crippen MR) is 96.8 cm³/mol. The largest absolute Gasteiger partial charge is 0.358 e. The zero-order valence-corrected chi connectivity index (χ0v) is 14.6. The van der Waals surface area contributed by atoms with Crippen molar-refractivity contribution < 1.29 is 4.79 Å². The number of fused-ring (bicyclic) bond motifs is 1. The van der Waals surface area contributed by atoms with E-state index in [4.69, 9.17) is 5.73 Å². The molecule has 0 spiro atoms. The SMILES string of the molecule is Cc1[nH]c2ccc(CNC(=O)C[C@@H]3CCC[C@H]3N)cc2c1C.Cl. The highest BCUT2D eigenvalue weighted by atomic mass is 35.5. The second-order valence-corrected chi connectivity index (χ2v) is 6.59. The van der Waals surface area contributed by atoms with Crippen LogP contribution in [-0.2, 0) is 11.3 Å². The van der Waals surface area contributed by atoms with E-state index < -0.39 is 0 Å². The third kappa shape index (κ3) is 3.88. The molecule has 4 nitrogen and oxygen atoms in total. The Morgan fingerprint density at radius 2 is 2.13 bits per heavy atom. The maximum Gasteiger partial charge on any atom is 0.220 e. The lowest BCUT2D eigenvalue weighted by Gasteiger charge is -2.14. The smallest absolute Gasteiger partial charge is 0.220 e. The maximum atomic E-state index is 12.1. The van der Waals surface area contributed by atoms with Gasteiger partial charge in [0.2, 0.25) is 5.91 Å². The van der Waals surface area contributed by atoms with Crippen molar-refractivity contribution in [3.05, 3.63) is 35.0 Å². The molecule has 1 aromatic heterocycles. The number of carbonyl (C=O) groups is 1. The Balaban J connectivity index is 0.00000192. The molecular formula is C18H26ClN3O. The van der Waals surface area contributed by atoms with E-state index in [9.17, 15) is 4.79 Å². The molecule has 1 aliphatic carbocycles. The van der Waals surface area contributed by atoms with Crippen molar-refractivity contribution >= 4 is 29.2 Å². The molecule has 1 amide bonds. The van der Waals surface area contributed by atoms with E-state index in [1.165, 1.54) is 16.6 Å². The number of rotatable bonds is 4. The van der Waals surface area contributed by atoms with Crippen LogP contribution in [-0.4, -0.2) is 16.9 Å². The van der Waals surface area contributed by atoms with Crippen LogP contribution >= 0.6 is 12.4 Å². The minimum absolute atomic E-state index is 0. The van der Waals surface area contributed by atoms with Gasteiger partial charge >= 0.3 is 0 Å². The molecule has 5 heteroatoms. The van der Waals surface area contributed by atoms with Crippen LogP contribution in [0.15, 0.2) is 18.2 Å². The quantitative estimate of drug-likeness (QED) is 0.802. The Morgan fingerprint density at radius 1 is 1.35 bits per heavy atom. The molecule has 3 rings (SSSR count). The molecule has 0 bridgehead atoms. The van der Waals surface area contributed by atoms with Crippen molar-refractivity contribution in [1.29, 1.82) is 0 Å². The first-order chi connectivity index (χ1) is 10.5. The van der Waals surface area contributed by atoms with Crippen LogP contribution in [0.4, 0.5) is 0 Å². The van der Waals surface area contributed by atoms with Crippen LogP contribution in [0.1, 0.15) is 42.5 Å². The molecule has 0 aliphatic heterocycles. The minimum Gasteiger partial charge on any atom is -0.358 e. The van der Waals surface area contributed by atoms with Crippen molar-refractivity contribution in [2.45, 2.75) is 52.1 Å². The molecule has 4 N–H and O–H groups in total. The number of halogens is 1. The molecule has 1 heterocycles. The fourth-order valence-electron chi connectivity index (χ4n) is 3.45. The number of H-pyrrole nitrogens is 1. The molecule has 1 saturated carbocycles. The number of amides is 1. The Labute approximate surface area is 143 Å². The highest BCUT2D eigenvalue weighted by Gasteiger charge is 2.25. The van der Waals surface area contributed by atoms with Crippen LogP contribution in [0.2, 0.25) is 0 Å². The summed E-state index contributed by atoms with van der Waals surface area (Å²) in [6.07, 6.45) is 3.86. The van der Waals surface area contributed by atoms with E-state index >= 15 is 0 Å². The minimum atomic E-state index is 0. The first-order valence-electron chi connectivity index (χ1n) is 8.14. The Morgan fingerprint density at radius 3 is 2.83 bits per heavy atom. The molecule has 1 aliphatic rings. The van der Waals surface area contributed by atoms with Crippen molar-refractivity contribution in [2.24, 2.45) is 11.7 Å². The number of carbonyl (C=O) groups excluding carboxylic acids is 1. The average Bonchev–Trinajstić information content (AvgIpc) is 3.02. The van der Waals surface area contributed by atoms with Crippen LogP contribution in [0.3, 0.4) is 0 Å². The lowest BCUT2D eigenvalue weighted by molar-refractivity contribution is -0.122. The lowest BCUT2D eigenvalue weighted by atomic mass is 10.00. The summed E-state index contributed by atoms with van der Waals surface area (Å²) in [6, 6.07) is 6.52. The molecule has 23 heavy (non-hydrogen) atoms. The molecule has 0 unspecified atom stereocenters. The van der Waals surface area contributed by atoms with Gasteiger partial charge in [0.25, 0.3) is 0 Å². The van der Waals surface area contributed by atoms with E-state index in [0.717, 1.165) is 30.3 Å². The molecule has 0 radical (unpaired) electrons. The van der Waals surface area contributed by atoms with Gasteiger partial charge in [-0.25, -0.2) is 0 Å². The monoisotopic (exact) mass is 335 g/mol. The molecule has 126 valence electrons. The Kier molecular flexibility index (Phi) is 5.71. The van der Waals surface area contributed by atoms with Crippen molar-refractivity contribution in [3.63, 3.8) is 0 Å².